The summed E-state index contributed by atoms with van der Waals surface area (Å²) in [5.74, 6) is 0.809. The SMILES string of the molecule is O=C([C@@H]1CC=CCC1)N1CCC[C@@H]1c1ncc(-c2ccccc2F)[nH]1. The van der Waals surface area contributed by atoms with Gasteiger partial charge >= 0.3 is 0 Å². The molecule has 25 heavy (non-hydrogen) atoms. The van der Waals surface area contributed by atoms with Gasteiger partial charge < -0.3 is 9.88 Å². The summed E-state index contributed by atoms with van der Waals surface area (Å²) < 4.78 is 14.0. The highest BCUT2D eigenvalue weighted by Crippen LogP contribution is 2.34. The van der Waals surface area contributed by atoms with Gasteiger partial charge in [-0.15, -0.1) is 0 Å². The van der Waals surface area contributed by atoms with Gasteiger partial charge in [0.25, 0.3) is 0 Å². The molecule has 1 saturated heterocycles. The van der Waals surface area contributed by atoms with E-state index in [9.17, 15) is 9.18 Å². The summed E-state index contributed by atoms with van der Waals surface area (Å²) in [5, 5.41) is 0. The fourth-order valence-corrected chi connectivity index (χ4v) is 3.89. The van der Waals surface area contributed by atoms with Gasteiger partial charge in [-0.05, 0) is 44.2 Å². The van der Waals surface area contributed by atoms with Crippen molar-refractivity contribution in [2.45, 2.75) is 38.1 Å². The van der Waals surface area contributed by atoms with Crippen molar-refractivity contribution in [1.82, 2.24) is 14.9 Å². The van der Waals surface area contributed by atoms with E-state index in [1.165, 1.54) is 6.07 Å². The Hall–Kier alpha value is -2.43. The molecule has 2 atom stereocenters. The minimum atomic E-state index is -0.272. The van der Waals surface area contributed by atoms with E-state index in [0.29, 0.717) is 11.3 Å². The average Bonchev–Trinajstić information content (AvgIpc) is 3.31. The number of allylic oxidation sites excluding steroid dienone is 2. The van der Waals surface area contributed by atoms with Crippen LogP contribution in [0.2, 0.25) is 0 Å². The Kier molecular flexibility index (Phi) is 4.38. The Balaban J connectivity index is 1.56. The number of amides is 1. The Morgan fingerprint density at radius 2 is 2.12 bits per heavy atom. The van der Waals surface area contributed by atoms with Gasteiger partial charge in [0.05, 0.1) is 17.9 Å². The fourth-order valence-electron chi connectivity index (χ4n) is 3.89. The highest BCUT2D eigenvalue weighted by atomic mass is 19.1. The van der Waals surface area contributed by atoms with Crippen LogP contribution in [0.25, 0.3) is 11.3 Å². The predicted octanol–water partition coefficient (Wildman–Crippen LogP) is 4.24. The van der Waals surface area contributed by atoms with Crippen LogP contribution in [-0.2, 0) is 4.79 Å². The minimum absolute atomic E-state index is 0.0288. The fraction of sp³-hybridized carbons (Fsp3) is 0.400. The highest BCUT2D eigenvalue weighted by Gasteiger charge is 2.35. The number of benzene rings is 1. The molecule has 1 aliphatic heterocycles. The molecule has 1 aromatic carbocycles. The second kappa shape index (κ2) is 6.82. The number of nitrogens with zero attached hydrogens (tertiary/aromatic N) is 2. The third-order valence-corrected chi connectivity index (χ3v) is 5.23. The number of nitrogens with one attached hydrogen (secondary N) is 1. The summed E-state index contributed by atoms with van der Waals surface area (Å²) in [6.45, 7) is 0.777. The molecule has 2 aromatic rings. The molecule has 1 aromatic heterocycles. The normalized spacial score (nSPS) is 23.2. The van der Waals surface area contributed by atoms with Crippen molar-refractivity contribution in [2.75, 3.05) is 6.54 Å². The number of aromatic amines is 1. The Labute approximate surface area is 146 Å². The molecular weight excluding hydrogens is 317 g/mol. The van der Waals surface area contributed by atoms with Crippen molar-refractivity contribution in [2.24, 2.45) is 5.92 Å². The minimum Gasteiger partial charge on any atom is -0.340 e. The van der Waals surface area contributed by atoms with Crippen LogP contribution in [0.1, 0.15) is 44.0 Å². The van der Waals surface area contributed by atoms with Crippen LogP contribution in [0.5, 0.6) is 0 Å². The molecular formula is C20H22FN3O. The van der Waals surface area contributed by atoms with Gasteiger partial charge in [-0.3, -0.25) is 4.79 Å². The molecule has 0 spiro atoms. The summed E-state index contributed by atoms with van der Waals surface area (Å²) in [5.41, 5.74) is 1.17. The van der Waals surface area contributed by atoms with E-state index in [-0.39, 0.29) is 23.7 Å². The molecule has 4 rings (SSSR count). The largest absolute Gasteiger partial charge is 0.340 e. The van der Waals surface area contributed by atoms with Crippen molar-refractivity contribution in [3.8, 4) is 11.3 Å². The van der Waals surface area contributed by atoms with Crippen LogP contribution in [0.4, 0.5) is 4.39 Å². The number of imidazole rings is 1. The standard InChI is InChI=1S/C20H22FN3O/c21-16-10-5-4-9-15(16)17-13-22-19(23-17)18-11-6-12-24(18)20(25)14-7-2-1-3-8-14/h1-2,4-5,9-10,13-14,18H,3,6-8,11-12H2,(H,22,23)/t14-,18-/m1/s1. The number of carbonyl (C=O) groups is 1. The van der Waals surface area contributed by atoms with Crippen LogP contribution >= 0.6 is 0 Å². The molecule has 1 aliphatic carbocycles. The van der Waals surface area contributed by atoms with E-state index in [1.807, 2.05) is 4.90 Å². The van der Waals surface area contributed by atoms with Crippen LogP contribution in [0, 0.1) is 11.7 Å². The van der Waals surface area contributed by atoms with Gasteiger partial charge in [-0.2, -0.15) is 0 Å². The Morgan fingerprint density at radius 1 is 1.24 bits per heavy atom. The molecule has 0 unspecified atom stereocenters. The van der Waals surface area contributed by atoms with E-state index in [0.717, 1.165) is 44.5 Å². The molecule has 130 valence electrons. The number of rotatable bonds is 3. The lowest BCUT2D eigenvalue weighted by atomic mass is 9.93. The first-order valence-corrected chi connectivity index (χ1v) is 8.99. The lowest BCUT2D eigenvalue weighted by Crippen LogP contribution is -2.36. The molecule has 1 N–H and O–H groups in total. The number of H-pyrrole nitrogens is 1. The van der Waals surface area contributed by atoms with E-state index in [2.05, 4.69) is 22.1 Å². The second-order valence-electron chi connectivity index (χ2n) is 6.83. The van der Waals surface area contributed by atoms with Gasteiger partial charge in [0.1, 0.15) is 11.6 Å². The highest BCUT2D eigenvalue weighted by molar-refractivity contribution is 5.80. The maximum atomic E-state index is 14.0. The van der Waals surface area contributed by atoms with Gasteiger partial charge in [0, 0.05) is 18.0 Å². The first-order valence-electron chi connectivity index (χ1n) is 8.99. The monoisotopic (exact) mass is 339 g/mol. The number of carbonyl (C=O) groups excluding carboxylic acids is 1. The maximum absolute atomic E-state index is 14.0. The first kappa shape index (κ1) is 16.1. The quantitative estimate of drug-likeness (QED) is 0.851. The molecule has 1 amide bonds. The van der Waals surface area contributed by atoms with E-state index < -0.39 is 0 Å². The van der Waals surface area contributed by atoms with Gasteiger partial charge in [0.15, 0.2) is 0 Å². The Bertz CT molecular complexity index is 798. The summed E-state index contributed by atoms with van der Waals surface area (Å²) in [6.07, 6.45) is 10.6. The van der Waals surface area contributed by atoms with E-state index in [1.54, 1.807) is 24.4 Å². The summed E-state index contributed by atoms with van der Waals surface area (Å²) in [7, 11) is 0. The Morgan fingerprint density at radius 3 is 2.92 bits per heavy atom. The number of halogens is 1. The lowest BCUT2D eigenvalue weighted by Gasteiger charge is -2.28. The zero-order valence-corrected chi connectivity index (χ0v) is 14.1. The number of likely N-dealkylation sites (tertiary alicyclic amines) is 1. The third kappa shape index (κ3) is 3.11. The number of hydrogen-bond donors (Lipinski definition) is 1. The first-order chi connectivity index (χ1) is 12.2. The summed E-state index contributed by atoms with van der Waals surface area (Å²) in [4.78, 5) is 22.6. The van der Waals surface area contributed by atoms with Crippen molar-refractivity contribution < 1.29 is 9.18 Å². The molecule has 1 fully saturated rings. The van der Waals surface area contributed by atoms with Gasteiger partial charge in [-0.1, -0.05) is 24.3 Å². The van der Waals surface area contributed by atoms with Crippen molar-refractivity contribution in [3.63, 3.8) is 0 Å². The zero-order valence-electron chi connectivity index (χ0n) is 14.1. The maximum Gasteiger partial charge on any atom is 0.226 e. The summed E-state index contributed by atoms with van der Waals surface area (Å²) in [6, 6.07) is 6.63. The van der Waals surface area contributed by atoms with Gasteiger partial charge in [-0.25, -0.2) is 9.37 Å². The molecule has 5 heteroatoms. The predicted molar refractivity (Wildman–Crippen MR) is 94.2 cm³/mol. The summed E-state index contributed by atoms with van der Waals surface area (Å²) >= 11 is 0. The lowest BCUT2D eigenvalue weighted by molar-refractivity contribution is -0.136. The van der Waals surface area contributed by atoms with Gasteiger partial charge in [0.2, 0.25) is 5.91 Å². The van der Waals surface area contributed by atoms with Crippen LogP contribution in [0.3, 0.4) is 0 Å². The molecule has 4 nitrogen and oxygen atoms in total. The number of hydrogen-bond acceptors (Lipinski definition) is 2. The molecule has 0 saturated carbocycles. The zero-order chi connectivity index (χ0) is 17.2. The van der Waals surface area contributed by atoms with Crippen LogP contribution in [0.15, 0.2) is 42.6 Å². The van der Waals surface area contributed by atoms with E-state index in [4.69, 9.17) is 0 Å². The molecule has 2 heterocycles. The average molecular weight is 339 g/mol. The van der Waals surface area contributed by atoms with Crippen molar-refractivity contribution in [1.29, 1.82) is 0 Å². The second-order valence-corrected chi connectivity index (χ2v) is 6.83. The third-order valence-electron chi connectivity index (χ3n) is 5.23. The molecule has 2 aliphatic rings. The van der Waals surface area contributed by atoms with Crippen LogP contribution in [-0.4, -0.2) is 27.3 Å². The topological polar surface area (TPSA) is 49.0 Å². The van der Waals surface area contributed by atoms with Crippen molar-refractivity contribution >= 4 is 5.91 Å². The van der Waals surface area contributed by atoms with Crippen LogP contribution < -0.4 is 0 Å². The van der Waals surface area contributed by atoms with E-state index >= 15 is 0 Å². The number of aromatic nitrogens is 2. The smallest absolute Gasteiger partial charge is 0.226 e. The van der Waals surface area contributed by atoms with Crippen molar-refractivity contribution in [3.05, 3.63) is 54.3 Å². The molecule has 0 radical (unpaired) electrons. The molecule has 0 bridgehead atoms.